The number of carbonyl (C=O) groups excluding carboxylic acids is 1. The highest BCUT2D eigenvalue weighted by Gasteiger charge is 2.75. The van der Waals surface area contributed by atoms with Crippen molar-refractivity contribution in [3.63, 3.8) is 0 Å². The lowest BCUT2D eigenvalue weighted by molar-refractivity contribution is -0.408. The van der Waals surface area contributed by atoms with Crippen molar-refractivity contribution in [1.82, 2.24) is 0 Å². The van der Waals surface area contributed by atoms with Crippen molar-refractivity contribution >= 4 is 5.97 Å². The van der Waals surface area contributed by atoms with Crippen LogP contribution in [0.15, 0.2) is 0 Å². The number of hydrogen-bond donors (Lipinski definition) is 15. The zero-order valence-corrected chi connectivity index (χ0v) is 47.1. The van der Waals surface area contributed by atoms with Gasteiger partial charge in [0.05, 0.1) is 56.8 Å². The van der Waals surface area contributed by atoms with E-state index in [0.29, 0.717) is 19.3 Å². The van der Waals surface area contributed by atoms with Crippen molar-refractivity contribution in [3.8, 4) is 0 Å². The molecule has 11 aliphatic rings. The third-order valence-electron chi connectivity index (χ3n) is 21.7. The highest BCUT2D eigenvalue weighted by Crippen LogP contribution is 2.71. The molecular formula is C55H88O28. The highest BCUT2D eigenvalue weighted by molar-refractivity contribution is 5.73. The lowest BCUT2D eigenvalue weighted by Gasteiger charge is -2.61. The average molecular weight is 1200 g/mol. The Kier molecular flexibility index (Phi) is 18.2. The molecule has 7 heterocycles. The minimum Gasteiger partial charge on any atom is -0.430 e. The molecule has 11 fully saturated rings. The number of aliphatic hydroxyl groups is 15. The number of hydrogen-bond acceptors (Lipinski definition) is 28. The summed E-state index contributed by atoms with van der Waals surface area (Å²) in [6.45, 7) is 6.71. The summed E-state index contributed by atoms with van der Waals surface area (Å²) in [6.07, 6.45) is -38.0. The van der Waals surface area contributed by atoms with Gasteiger partial charge in [-0.2, -0.15) is 0 Å². The smallest absolute Gasteiger partial charge is 0.311 e. The predicted octanol–water partition coefficient (Wildman–Crippen LogP) is -5.31. The van der Waals surface area contributed by atoms with E-state index >= 15 is 0 Å². The lowest BCUT2D eigenvalue weighted by Crippen LogP contribution is -2.68. The molecule has 83 heavy (non-hydrogen) atoms. The summed E-state index contributed by atoms with van der Waals surface area (Å²) in [5.74, 6) is -2.62. The quantitative estimate of drug-likeness (QED) is 0.0641. The van der Waals surface area contributed by atoms with Crippen molar-refractivity contribution in [1.29, 1.82) is 0 Å². The van der Waals surface area contributed by atoms with Crippen LogP contribution in [0.4, 0.5) is 0 Å². The average Bonchev–Trinajstić information content (AvgIpc) is 1.76. The number of ether oxygens (including phenoxy) is 12. The Hall–Kier alpha value is -1.57. The summed E-state index contributed by atoms with van der Waals surface area (Å²) in [7, 11) is 0. The molecule has 4 aliphatic carbocycles. The van der Waals surface area contributed by atoms with E-state index in [1.807, 2.05) is 6.92 Å². The molecule has 28 heteroatoms. The molecule has 0 aromatic rings. The summed E-state index contributed by atoms with van der Waals surface area (Å²) in [4.78, 5) is 12.9. The second-order valence-electron chi connectivity index (χ2n) is 26.4. The number of rotatable bonds is 12. The highest BCUT2D eigenvalue weighted by atomic mass is 16.8. The van der Waals surface area contributed by atoms with Gasteiger partial charge in [-0.15, -0.1) is 0 Å². The van der Waals surface area contributed by atoms with Crippen molar-refractivity contribution in [2.45, 2.75) is 258 Å². The van der Waals surface area contributed by atoms with Gasteiger partial charge in [-0.1, -0.05) is 27.7 Å². The van der Waals surface area contributed by atoms with Crippen LogP contribution in [-0.2, 0) is 61.6 Å². The van der Waals surface area contributed by atoms with Crippen LogP contribution in [-0.4, -0.2) is 281 Å². The maximum Gasteiger partial charge on any atom is 0.311 e. The van der Waals surface area contributed by atoms with Gasteiger partial charge in [0.1, 0.15) is 110 Å². The molecule has 15 N–H and O–H groups in total. The van der Waals surface area contributed by atoms with Gasteiger partial charge in [-0.05, 0) is 92.8 Å². The summed E-state index contributed by atoms with van der Waals surface area (Å²) < 4.78 is 73.5. The molecule has 0 aromatic carbocycles. The van der Waals surface area contributed by atoms with Gasteiger partial charge in [0, 0.05) is 11.8 Å². The summed E-state index contributed by atoms with van der Waals surface area (Å²) >= 11 is 0. The van der Waals surface area contributed by atoms with Crippen LogP contribution in [0.3, 0.4) is 0 Å². The topological polar surface area (TPSA) is 431 Å². The SMILES string of the molecule is C[C@@H]1C[C@H](O)[C@@]2(OC1=O)O[C@H]1[C@H](O)[C@H]3[C@@H]4CC[C@H]5C[C@@H](O[C@@H]6O[C@H](CO)[C@H](O[C@@H]7O[C@H](CO)[C@@H](O)[C@H](O[C@@H]8OC[C@@H](O)[C@H](O)[C@H]8O)[C@H]7O[C@@H]7OC[C@H](O)[C@H](O)[C@H]7O)[C@H](O)[C@H]6O[C@@H]6O[C@@H](C)[C@H](O)[C@@H](O)[C@H]6O)CC[C@]5(C)[C@H]4CC[C@]3(C)[C@H]1[C@@H]2C. The Morgan fingerprint density at radius 1 is 0.518 bits per heavy atom. The van der Waals surface area contributed by atoms with E-state index in [1.165, 1.54) is 6.92 Å². The van der Waals surface area contributed by atoms with E-state index in [-0.39, 0.29) is 52.8 Å². The van der Waals surface area contributed by atoms with E-state index < -0.39 is 210 Å². The zero-order chi connectivity index (χ0) is 59.7. The number of fused-ring (bicyclic) bond motifs is 7. The van der Waals surface area contributed by atoms with Gasteiger partial charge in [0.2, 0.25) is 5.79 Å². The lowest BCUT2D eigenvalue weighted by atomic mass is 9.44. The molecular weight excluding hydrogens is 1110 g/mol. The molecule has 0 radical (unpaired) electrons. The zero-order valence-electron chi connectivity index (χ0n) is 47.1. The molecule has 0 bridgehead atoms. The predicted molar refractivity (Wildman–Crippen MR) is 270 cm³/mol. The van der Waals surface area contributed by atoms with Crippen molar-refractivity contribution in [2.24, 2.45) is 52.3 Å². The first kappa shape index (κ1) is 63.0. The van der Waals surface area contributed by atoms with E-state index in [0.717, 1.165) is 25.7 Å². The van der Waals surface area contributed by atoms with Crippen LogP contribution < -0.4 is 0 Å². The molecule has 0 aromatic heterocycles. The molecule has 7 saturated heterocycles. The van der Waals surface area contributed by atoms with Crippen LogP contribution in [0.2, 0.25) is 0 Å². The fourth-order valence-corrected chi connectivity index (χ4v) is 17.1. The van der Waals surface area contributed by atoms with Crippen molar-refractivity contribution in [3.05, 3.63) is 0 Å². The minimum absolute atomic E-state index is 0.107. The third kappa shape index (κ3) is 10.7. The molecule has 0 amide bonds. The van der Waals surface area contributed by atoms with Gasteiger partial charge < -0.3 is 133 Å². The summed E-state index contributed by atoms with van der Waals surface area (Å²) in [6, 6.07) is 0. The van der Waals surface area contributed by atoms with Gasteiger partial charge >= 0.3 is 5.97 Å². The first-order valence-electron chi connectivity index (χ1n) is 29.7. The summed E-state index contributed by atoms with van der Waals surface area (Å²) in [5.41, 5.74) is -0.576. The first-order chi connectivity index (χ1) is 39.3. The van der Waals surface area contributed by atoms with Crippen LogP contribution in [0.1, 0.15) is 86.0 Å². The maximum atomic E-state index is 12.9. The van der Waals surface area contributed by atoms with Gasteiger partial charge in [-0.3, -0.25) is 4.79 Å². The molecule has 37 atom stereocenters. The Morgan fingerprint density at radius 2 is 1.10 bits per heavy atom. The van der Waals surface area contributed by atoms with E-state index in [9.17, 15) is 81.4 Å². The minimum atomic E-state index is -1.96. The van der Waals surface area contributed by atoms with E-state index in [2.05, 4.69) is 13.8 Å². The molecule has 28 nitrogen and oxygen atoms in total. The fourth-order valence-electron chi connectivity index (χ4n) is 17.1. The maximum absolute atomic E-state index is 12.9. The summed E-state index contributed by atoms with van der Waals surface area (Å²) in [5, 5.41) is 166. The molecule has 11 rings (SSSR count). The molecule has 476 valence electrons. The largest absolute Gasteiger partial charge is 0.430 e. The van der Waals surface area contributed by atoms with Crippen molar-refractivity contribution in [2.75, 3.05) is 26.4 Å². The number of carbonyl (C=O) groups is 1. The van der Waals surface area contributed by atoms with Gasteiger partial charge in [0.25, 0.3) is 0 Å². The van der Waals surface area contributed by atoms with Crippen LogP contribution in [0.25, 0.3) is 0 Å². The Balaban J connectivity index is 0.834. The first-order valence-corrected chi connectivity index (χ1v) is 29.7. The molecule has 4 saturated carbocycles. The van der Waals surface area contributed by atoms with E-state index in [4.69, 9.17) is 56.8 Å². The Labute approximate surface area is 479 Å². The molecule has 7 aliphatic heterocycles. The fraction of sp³-hybridized carbons (Fsp3) is 0.982. The van der Waals surface area contributed by atoms with E-state index in [1.54, 1.807) is 6.92 Å². The van der Waals surface area contributed by atoms with Crippen LogP contribution in [0.5, 0.6) is 0 Å². The number of aliphatic hydroxyl groups excluding tert-OH is 15. The Morgan fingerprint density at radius 3 is 1.75 bits per heavy atom. The number of esters is 1. The third-order valence-corrected chi connectivity index (χ3v) is 21.7. The van der Waals surface area contributed by atoms with Gasteiger partial charge in [0.15, 0.2) is 31.5 Å². The van der Waals surface area contributed by atoms with Gasteiger partial charge in [-0.25, -0.2) is 0 Å². The standard InChI is InChI=1S/C55H88O28/c1-18-12-29(60)55(83-47(18)71)19(2)30-43(82-55)36(65)31-23-7-6-21-13-22(8-10-53(21,4)24(23)9-11-54(30,31)5)75-51-45(80-50-40(69)37(66)32(61)20(3)74-50)41(70)42(28(15-57)77-51)78-52-46(81-49-39(68)34(63)26(59)17-73-49)44(35(64)27(14-56)76-52)79-48-38(67)33(62)25(58)16-72-48/h18-46,48-52,56-70H,6-17H2,1-5H3/t18-,19+,20+,21+,22+,23-,24+,25-,26+,27-,28-,29+,30+,31-,32+,33+,34+,35-,36-,37-,38-,39-,40-,41+,42+,43-,44+,45-,46-,48+,49+,50+,51-,52+,53+,54-,55-/m1/s1. The monoisotopic (exact) mass is 1200 g/mol. The second kappa shape index (κ2) is 24.0. The molecule has 1 spiro atoms. The van der Waals surface area contributed by atoms with Crippen LogP contribution in [0, 0.1) is 52.3 Å². The second-order valence-corrected chi connectivity index (χ2v) is 26.4. The van der Waals surface area contributed by atoms with Crippen LogP contribution >= 0.6 is 0 Å². The van der Waals surface area contributed by atoms with Crippen molar-refractivity contribution < 1.29 is 138 Å². The normalized spacial score (nSPS) is 58.2. The Bertz CT molecular complexity index is 2240. The molecule has 0 unspecified atom stereocenters.